The van der Waals surface area contributed by atoms with Crippen molar-refractivity contribution < 1.29 is 14.3 Å². The van der Waals surface area contributed by atoms with E-state index in [1.54, 1.807) is 25.4 Å². The molecule has 0 saturated carbocycles. The molecule has 5 nitrogen and oxygen atoms in total. The molecule has 0 atom stereocenters. The van der Waals surface area contributed by atoms with Crippen LogP contribution in [-0.4, -0.2) is 29.2 Å². The molecular formula is C17H20N2O3. The molecule has 0 amide bonds. The highest BCUT2D eigenvalue weighted by Crippen LogP contribution is 2.29. The Kier molecular flexibility index (Phi) is 5.47. The van der Waals surface area contributed by atoms with E-state index in [1.165, 1.54) is 0 Å². The monoisotopic (exact) mass is 300 g/mol. The Bertz CT molecular complexity index is 642. The fraction of sp³-hybridized carbons (Fsp3) is 0.353. The van der Waals surface area contributed by atoms with Gasteiger partial charge in [-0.15, -0.1) is 0 Å². The van der Waals surface area contributed by atoms with Gasteiger partial charge in [0.25, 0.3) is 0 Å². The van der Waals surface area contributed by atoms with Crippen LogP contribution >= 0.6 is 0 Å². The van der Waals surface area contributed by atoms with Crippen molar-refractivity contribution in [2.24, 2.45) is 0 Å². The van der Waals surface area contributed by atoms with Crippen molar-refractivity contribution in [3.05, 3.63) is 41.9 Å². The van der Waals surface area contributed by atoms with E-state index < -0.39 is 5.97 Å². The van der Waals surface area contributed by atoms with Crippen molar-refractivity contribution in [3.63, 3.8) is 0 Å². The molecule has 2 aromatic heterocycles. The average molecular weight is 300 g/mol. The summed E-state index contributed by atoms with van der Waals surface area (Å²) in [6, 6.07) is 5.58. The number of rotatable bonds is 6. The zero-order chi connectivity index (χ0) is 15.9. The van der Waals surface area contributed by atoms with E-state index in [1.807, 2.05) is 26.0 Å². The van der Waals surface area contributed by atoms with Crippen LogP contribution in [0.3, 0.4) is 0 Å². The van der Waals surface area contributed by atoms with Gasteiger partial charge < -0.3 is 9.47 Å². The van der Waals surface area contributed by atoms with E-state index in [0.717, 1.165) is 23.2 Å². The van der Waals surface area contributed by atoms with Crippen LogP contribution in [0.15, 0.2) is 30.6 Å². The molecule has 0 aliphatic rings. The van der Waals surface area contributed by atoms with Crippen LogP contribution in [-0.2, 0) is 11.2 Å². The molecule has 0 aliphatic heterocycles. The fourth-order valence-electron chi connectivity index (χ4n) is 2.19. The van der Waals surface area contributed by atoms with E-state index in [0.29, 0.717) is 24.7 Å². The topological polar surface area (TPSA) is 61.3 Å². The Labute approximate surface area is 130 Å². The van der Waals surface area contributed by atoms with Gasteiger partial charge in [0.2, 0.25) is 5.88 Å². The van der Waals surface area contributed by atoms with Crippen molar-refractivity contribution in [2.45, 2.75) is 27.2 Å². The smallest absolute Gasteiger partial charge is 0.343 e. The summed E-state index contributed by atoms with van der Waals surface area (Å²) in [6.45, 7) is 6.41. The number of nitrogens with zero attached hydrogens (tertiary/aromatic N) is 2. The maximum atomic E-state index is 12.2. The second kappa shape index (κ2) is 7.54. The Morgan fingerprint density at radius 1 is 1.14 bits per heavy atom. The molecule has 116 valence electrons. The predicted molar refractivity (Wildman–Crippen MR) is 84.0 cm³/mol. The van der Waals surface area contributed by atoms with Gasteiger partial charge in [-0.2, -0.15) is 0 Å². The number of esters is 1. The summed E-state index contributed by atoms with van der Waals surface area (Å²) in [5.74, 6) is -0.0907. The summed E-state index contributed by atoms with van der Waals surface area (Å²) in [5, 5.41) is 0. The second-order valence-corrected chi connectivity index (χ2v) is 4.58. The highest BCUT2D eigenvalue weighted by Gasteiger charge is 2.19. The molecule has 0 fully saturated rings. The summed E-state index contributed by atoms with van der Waals surface area (Å²) in [7, 11) is 0. The Balaban J connectivity index is 2.58. The average Bonchev–Trinajstić information content (AvgIpc) is 2.55. The van der Waals surface area contributed by atoms with Crippen molar-refractivity contribution in [3.8, 4) is 17.0 Å². The number of hydrogen-bond donors (Lipinski definition) is 0. The third-order valence-corrected chi connectivity index (χ3v) is 3.17. The van der Waals surface area contributed by atoms with Gasteiger partial charge in [-0.3, -0.25) is 4.98 Å². The lowest BCUT2D eigenvalue weighted by Crippen LogP contribution is -2.11. The van der Waals surface area contributed by atoms with E-state index in [2.05, 4.69) is 9.97 Å². The van der Waals surface area contributed by atoms with Crippen LogP contribution in [0.2, 0.25) is 0 Å². The number of pyridine rings is 2. The molecular weight excluding hydrogens is 280 g/mol. The molecule has 0 unspecified atom stereocenters. The first kappa shape index (κ1) is 15.9. The van der Waals surface area contributed by atoms with Gasteiger partial charge in [0.1, 0.15) is 5.56 Å². The first-order valence-corrected chi connectivity index (χ1v) is 7.45. The van der Waals surface area contributed by atoms with E-state index >= 15 is 0 Å². The van der Waals surface area contributed by atoms with Crippen molar-refractivity contribution in [2.75, 3.05) is 13.2 Å². The minimum atomic E-state index is -0.420. The molecule has 2 heterocycles. The quantitative estimate of drug-likeness (QED) is 0.766. The normalized spacial score (nSPS) is 10.3. The predicted octanol–water partition coefficient (Wildman–Crippen LogP) is 3.28. The Hall–Kier alpha value is -2.43. The molecule has 0 N–H and O–H groups in total. The standard InChI is InChI=1S/C17H20N2O3/c1-4-15-13(12-7-9-18-10-8-12)11-14(17(20)22-6-3)16(19-15)21-5-2/h7-11H,4-6H2,1-3H3. The lowest BCUT2D eigenvalue weighted by Gasteiger charge is -2.14. The van der Waals surface area contributed by atoms with E-state index in [4.69, 9.17) is 9.47 Å². The first-order valence-electron chi connectivity index (χ1n) is 7.45. The molecule has 2 rings (SSSR count). The zero-order valence-electron chi connectivity index (χ0n) is 13.1. The molecule has 5 heteroatoms. The van der Waals surface area contributed by atoms with E-state index in [9.17, 15) is 4.79 Å². The number of aromatic nitrogens is 2. The van der Waals surface area contributed by atoms with Gasteiger partial charge in [0.05, 0.1) is 18.9 Å². The summed E-state index contributed by atoms with van der Waals surface area (Å²) in [6.07, 6.45) is 4.17. The Morgan fingerprint density at radius 3 is 2.45 bits per heavy atom. The lowest BCUT2D eigenvalue weighted by atomic mass is 10.0. The molecule has 22 heavy (non-hydrogen) atoms. The van der Waals surface area contributed by atoms with Crippen LogP contribution in [0.1, 0.15) is 36.8 Å². The van der Waals surface area contributed by atoms with Gasteiger partial charge in [-0.1, -0.05) is 6.92 Å². The Morgan fingerprint density at radius 2 is 1.86 bits per heavy atom. The maximum absolute atomic E-state index is 12.2. The van der Waals surface area contributed by atoms with E-state index in [-0.39, 0.29) is 0 Å². The highest BCUT2D eigenvalue weighted by atomic mass is 16.5. The fourth-order valence-corrected chi connectivity index (χ4v) is 2.19. The van der Waals surface area contributed by atoms with Gasteiger partial charge >= 0.3 is 5.97 Å². The van der Waals surface area contributed by atoms with Crippen LogP contribution in [0.5, 0.6) is 5.88 Å². The van der Waals surface area contributed by atoms with Crippen LogP contribution in [0, 0.1) is 0 Å². The molecule has 0 aromatic carbocycles. The van der Waals surface area contributed by atoms with Crippen molar-refractivity contribution in [1.29, 1.82) is 0 Å². The molecule has 0 aliphatic carbocycles. The van der Waals surface area contributed by atoms with Crippen LogP contribution < -0.4 is 4.74 Å². The zero-order valence-corrected chi connectivity index (χ0v) is 13.1. The van der Waals surface area contributed by atoms with Crippen LogP contribution in [0.25, 0.3) is 11.1 Å². The van der Waals surface area contributed by atoms with Crippen molar-refractivity contribution >= 4 is 5.97 Å². The molecule has 0 saturated heterocycles. The molecule has 0 bridgehead atoms. The third kappa shape index (κ3) is 3.42. The minimum Gasteiger partial charge on any atom is -0.477 e. The van der Waals surface area contributed by atoms with Gasteiger partial charge in [0, 0.05) is 18.0 Å². The van der Waals surface area contributed by atoms with Crippen LogP contribution in [0.4, 0.5) is 0 Å². The molecule has 0 spiro atoms. The number of aryl methyl sites for hydroxylation is 1. The largest absolute Gasteiger partial charge is 0.477 e. The minimum absolute atomic E-state index is 0.310. The summed E-state index contributed by atoms with van der Waals surface area (Å²) < 4.78 is 10.6. The van der Waals surface area contributed by atoms with Gasteiger partial charge in [-0.25, -0.2) is 9.78 Å². The summed E-state index contributed by atoms with van der Waals surface area (Å²) >= 11 is 0. The summed E-state index contributed by atoms with van der Waals surface area (Å²) in [5.41, 5.74) is 3.10. The second-order valence-electron chi connectivity index (χ2n) is 4.58. The number of hydrogen-bond acceptors (Lipinski definition) is 5. The SMILES string of the molecule is CCOC(=O)c1cc(-c2ccncc2)c(CC)nc1OCC. The maximum Gasteiger partial charge on any atom is 0.343 e. The highest BCUT2D eigenvalue weighted by molar-refractivity contribution is 5.93. The lowest BCUT2D eigenvalue weighted by molar-refractivity contribution is 0.0521. The summed E-state index contributed by atoms with van der Waals surface area (Å²) in [4.78, 5) is 20.7. The van der Waals surface area contributed by atoms with Gasteiger partial charge in [0.15, 0.2) is 0 Å². The van der Waals surface area contributed by atoms with Gasteiger partial charge in [-0.05, 0) is 44.0 Å². The number of carbonyl (C=O) groups is 1. The number of carbonyl (C=O) groups excluding carboxylic acids is 1. The molecule has 0 radical (unpaired) electrons. The third-order valence-electron chi connectivity index (χ3n) is 3.17. The first-order chi connectivity index (χ1) is 10.7. The number of ether oxygens (including phenoxy) is 2. The molecule has 2 aromatic rings. The van der Waals surface area contributed by atoms with Crippen molar-refractivity contribution in [1.82, 2.24) is 9.97 Å².